The Morgan fingerprint density at radius 3 is 2.64 bits per heavy atom. The lowest BCUT2D eigenvalue weighted by Crippen LogP contribution is -2.10. The Hall–Kier alpha value is -0.970. The molecule has 2 rings (SSSR count). The Labute approximate surface area is 89.7 Å². The fraction of sp³-hybridized carbons (Fsp3) is 0.125. The maximum Gasteiger partial charge on any atom is 0.434 e. The number of amides is 1. The Bertz CT molecular complexity index is 383. The Balaban J connectivity index is 2.24. The normalized spacial score (nSPS) is 20.4. The topological polar surface area (TPSA) is 47.6 Å². The summed E-state index contributed by atoms with van der Waals surface area (Å²) in [5, 5.41) is 0.823. The molecule has 0 aromatic heterocycles. The summed E-state index contributed by atoms with van der Waals surface area (Å²) in [6, 6.07) is 4.85. The molecule has 14 heavy (non-hydrogen) atoms. The summed E-state index contributed by atoms with van der Waals surface area (Å²) in [5.74, 6) is 0. The summed E-state index contributed by atoms with van der Waals surface area (Å²) >= 11 is 11.5. The van der Waals surface area contributed by atoms with E-state index >= 15 is 0 Å². The molecule has 0 saturated carbocycles. The van der Waals surface area contributed by atoms with Crippen molar-refractivity contribution in [1.82, 2.24) is 5.48 Å². The molecular weight excluding hydrogens is 229 g/mol. The summed E-state index contributed by atoms with van der Waals surface area (Å²) in [4.78, 5) is 15.5. The number of halogens is 2. The van der Waals surface area contributed by atoms with Gasteiger partial charge in [0.1, 0.15) is 0 Å². The largest absolute Gasteiger partial charge is 0.434 e. The van der Waals surface area contributed by atoms with Crippen LogP contribution in [0.1, 0.15) is 11.9 Å². The molecule has 74 valence electrons. The second-order valence-corrected chi connectivity index (χ2v) is 3.45. The van der Waals surface area contributed by atoms with Crippen molar-refractivity contribution in [3.8, 4) is 0 Å². The summed E-state index contributed by atoms with van der Waals surface area (Å²) in [7, 11) is 0. The van der Waals surface area contributed by atoms with E-state index in [0.29, 0.717) is 15.6 Å². The number of hydrogen-bond acceptors (Lipinski definition) is 3. The van der Waals surface area contributed by atoms with E-state index in [-0.39, 0.29) is 0 Å². The Kier molecular flexibility index (Phi) is 2.50. The van der Waals surface area contributed by atoms with Gasteiger partial charge in [-0.2, -0.15) is 5.48 Å². The van der Waals surface area contributed by atoms with Gasteiger partial charge in [0.25, 0.3) is 6.29 Å². The van der Waals surface area contributed by atoms with Gasteiger partial charge < -0.3 is 4.74 Å². The highest BCUT2D eigenvalue weighted by molar-refractivity contribution is 6.42. The third-order valence-corrected chi connectivity index (χ3v) is 2.42. The molecule has 1 aromatic rings. The van der Waals surface area contributed by atoms with E-state index in [4.69, 9.17) is 32.8 Å². The average molecular weight is 234 g/mol. The van der Waals surface area contributed by atoms with Crippen LogP contribution in [0.5, 0.6) is 0 Å². The molecule has 0 bridgehead atoms. The molecule has 1 atom stereocenters. The van der Waals surface area contributed by atoms with E-state index < -0.39 is 12.4 Å². The van der Waals surface area contributed by atoms with Gasteiger partial charge in [-0.1, -0.05) is 29.3 Å². The molecule has 0 radical (unpaired) electrons. The molecule has 6 heteroatoms. The lowest BCUT2D eigenvalue weighted by atomic mass is 10.2. The van der Waals surface area contributed by atoms with Gasteiger partial charge in [0, 0.05) is 5.56 Å². The number of carbonyl (C=O) groups excluding carboxylic acids is 1. The zero-order valence-electron chi connectivity index (χ0n) is 6.79. The second kappa shape index (κ2) is 3.65. The number of hydroxylamine groups is 1. The van der Waals surface area contributed by atoms with Gasteiger partial charge in [0.2, 0.25) is 0 Å². The zero-order chi connectivity index (χ0) is 10.1. The van der Waals surface area contributed by atoms with Crippen LogP contribution in [0.15, 0.2) is 18.2 Å². The Morgan fingerprint density at radius 1 is 1.29 bits per heavy atom. The fourth-order valence-corrected chi connectivity index (χ4v) is 1.35. The lowest BCUT2D eigenvalue weighted by Gasteiger charge is -2.07. The molecule has 1 saturated heterocycles. The van der Waals surface area contributed by atoms with Crippen LogP contribution >= 0.6 is 23.2 Å². The van der Waals surface area contributed by atoms with Gasteiger partial charge >= 0.3 is 6.09 Å². The van der Waals surface area contributed by atoms with Crippen LogP contribution in [0.25, 0.3) is 0 Å². The molecule has 0 aliphatic carbocycles. The first-order valence-electron chi connectivity index (χ1n) is 3.74. The van der Waals surface area contributed by atoms with Crippen LogP contribution < -0.4 is 5.48 Å². The minimum atomic E-state index is -0.766. The van der Waals surface area contributed by atoms with Gasteiger partial charge in [-0.25, -0.2) is 9.63 Å². The van der Waals surface area contributed by atoms with Gasteiger partial charge in [0.05, 0.1) is 10.0 Å². The smallest absolute Gasteiger partial charge is 0.411 e. The van der Waals surface area contributed by atoms with Crippen LogP contribution in [-0.2, 0) is 9.57 Å². The Morgan fingerprint density at radius 2 is 2.07 bits per heavy atom. The molecule has 1 aromatic carbocycles. The molecule has 1 unspecified atom stereocenters. The van der Waals surface area contributed by atoms with Crippen molar-refractivity contribution in [3.63, 3.8) is 0 Å². The van der Waals surface area contributed by atoms with Gasteiger partial charge in [0.15, 0.2) is 0 Å². The molecule has 1 heterocycles. The van der Waals surface area contributed by atoms with E-state index in [0.717, 1.165) is 0 Å². The van der Waals surface area contributed by atoms with E-state index in [1.54, 1.807) is 18.2 Å². The summed E-state index contributed by atoms with van der Waals surface area (Å²) in [5.41, 5.74) is 2.69. The molecule has 1 amide bonds. The third kappa shape index (κ3) is 1.77. The highest BCUT2D eigenvalue weighted by Crippen LogP contribution is 2.28. The van der Waals surface area contributed by atoms with Crippen LogP contribution in [0.2, 0.25) is 10.0 Å². The first-order valence-corrected chi connectivity index (χ1v) is 4.49. The summed E-state index contributed by atoms with van der Waals surface area (Å²) in [6.45, 7) is 0. The zero-order valence-corrected chi connectivity index (χ0v) is 8.30. The van der Waals surface area contributed by atoms with Crippen molar-refractivity contribution in [1.29, 1.82) is 0 Å². The predicted molar refractivity (Wildman–Crippen MR) is 49.9 cm³/mol. The molecule has 0 spiro atoms. The summed E-state index contributed by atoms with van der Waals surface area (Å²) in [6.07, 6.45) is -1.39. The number of rotatable bonds is 1. The van der Waals surface area contributed by atoms with Crippen molar-refractivity contribution < 1.29 is 14.4 Å². The average Bonchev–Trinajstić information content (AvgIpc) is 2.57. The number of carbonyl (C=O) groups is 1. The summed E-state index contributed by atoms with van der Waals surface area (Å²) < 4.78 is 4.77. The van der Waals surface area contributed by atoms with Crippen LogP contribution in [-0.4, -0.2) is 6.09 Å². The molecule has 1 aliphatic heterocycles. The van der Waals surface area contributed by atoms with Gasteiger partial charge in [-0.3, -0.25) is 0 Å². The number of ether oxygens (including phenoxy) is 1. The predicted octanol–water partition coefficient (Wildman–Crippen LogP) is 2.66. The molecule has 1 fully saturated rings. The monoisotopic (exact) mass is 233 g/mol. The highest BCUT2D eigenvalue weighted by Gasteiger charge is 2.25. The second-order valence-electron chi connectivity index (χ2n) is 2.63. The SMILES string of the molecule is O=C1NOC(c2ccc(Cl)c(Cl)c2)O1. The van der Waals surface area contributed by atoms with E-state index in [1.165, 1.54) is 0 Å². The van der Waals surface area contributed by atoms with Crippen molar-refractivity contribution >= 4 is 29.3 Å². The quantitative estimate of drug-likeness (QED) is 0.812. The van der Waals surface area contributed by atoms with Crippen molar-refractivity contribution in [2.75, 3.05) is 0 Å². The van der Waals surface area contributed by atoms with Crippen molar-refractivity contribution in [2.24, 2.45) is 0 Å². The number of nitrogens with one attached hydrogen (secondary N) is 1. The number of hydrogen-bond donors (Lipinski definition) is 1. The van der Waals surface area contributed by atoms with Gasteiger partial charge in [-0.05, 0) is 12.1 Å². The van der Waals surface area contributed by atoms with Crippen LogP contribution in [0.3, 0.4) is 0 Å². The number of cyclic esters (lactones) is 1. The fourth-order valence-electron chi connectivity index (χ4n) is 1.04. The van der Waals surface area contributed by atoms with Crippen LogP contribution in [0, 0.1) is 0 Å². The first-order chi connectivity index (χ1) is 6.66. The third-order valence-electron chi connectivity index (χ3n) is 1.68. The maximum atomic E-state index is 10.7. The number of benzene rings is 1. The molecule has 1 N–H and O–H groups in total. The minimum Gasteiger partial charge on any atom is -0.411 e. The standard InChI is InChI=1S/C8H5Cl2NO3/c9-5-2-1-4(3-6(5)10)7-13-8(12)11-14-7/h1-3,7H,(H,11,12). The van der Waals surface area contributed by atoms with Crippen molar-refractivity contribution in [3.05, 3.63) is 33.8 Å². The van der Waals surface area contributed by atoms with E-state index in [1.807, 2.05) is 0 Å². The van der Waals surface area contributed by atoms with Gasteiger partial charge in [-0.15, -0.1) is 0 Å². The highest BCUT2D eigenvalue weighted by atomic mass is 35.5. The van der Waals surface area contributed by atoms with Crippen LogP contribution in [0.4, 0.5) is 4.79 Å². The lowest BCUT2D eigenvalue weighted by molar-refractivity contribution is -0.0605. The molecule has 1 aliphatic rings. The maximum absolute atomic E-state index is 10.7. The van der Waals surface area contributed by atoms with Crippen molar-refractivity contribution in [2.45, 2.75) is 6.29 Å². The first kappa shape index (κ1) is 9.58. The van der Waals surface area contributed by atoms with E-state index in [9.17, 15) is 4.79 Å². The van der Waals surface area contributed by atoms with E-state index in [2.05, 4.69) is 5.48 Å². The molecule has 4 nitrogen and oxygen atoms in total. The molecular formula is C8H5Cl2NO3. The minimum absolute atomic E-state index is 0.385.